The Hall–Kier alpha value is -2.72. The van der Waals surface area contributed by atoms with Crippen molar-refractivity contribution < 1.29 is 4.39 Å². The second-order valence-electron chi connectivity index (χ2n) is 8.58. The van der Waals surface area contributed by atoms with Gasteiger partial charge in [0.1, 0.15) is 5.82 Å². The number of hydrogen-bond acceptors (Lipinski definition) is 2. The number of hydrogen-bond donors (Lipinski definition) is 1. The molecule has 0 bridgehead atoms. The molecule has 1 aliphatic carbocycles. The second-order valence-corrected chi connectivity index (χ2v) is 8.58. The first kappa shape index (κ1) is 20.5. The van der Waals surface area contributed by atoms with E-state index in [0.29, 0.717) is 17.9 Å². The number of aromatic nitrogens is 2. The Bertz CT molecular complexity index is 1030. The first-order valence-corrected chi connectivity index (χ1v) is 10.7. The van der Waals surface area contributed by atoms with Crippen LogP contribution in [0.4, 0.5) is 4.39 Å². The maximum atomic E-state index is 13.1. The summed E-state index contributed by atoms with van der Waals surface area (Å²) in [5.41, 5.74) is 7.17. The van der Waals surface area contributed by atoms with E-state index in [1.807, 2.05) is 12.1 Å². The summed E-state index contributed by atoms with van der Waals surface area (Å²) < 4.78 is 15.2. The monoisotopic (exact) mass is 403 g/mol. The molecule has 2 unspecified atom stereocenters. The fourth-order valence-corrected chi connectivity index (χ4v) is 4.36. The molecule has 30 heavy (non-hydrogen) atoms. The Morgan fingerprint density at radius 3 is 2.40 bits per heavy atom. The smallest absolute Gasteiger partial charge is 0.123 e. The molecule has 0 saturated heterocycles. The molecule has 0 saturated carbocycles. The van der Waals surface area contributed by atoms with Gasteiger partial charge in [-0.3, -0.25) is 0 Å². The standard InChI is InChI=1S/C26H30FN3/c1-17(2)21-8-13-25(14-9-21)30-19(4)26(18(3)29-30)22-7-12-24(15-22)28-16-20-5-10-23(27)11-6-20/h5-14,17,22,24,28H,15-16H2,1-4H3. The van der Waals surface area contributed by atoms with Gasteiger partial charge in [0.15, 0.2) is 0 Å². The summed E-state index contributed by atoms with van der Waals surface area (Å²) in [5.74, 6) is 0.693. The van der Waals surface area contributed by atoms with Crippen molar-refractivity contribution in [1.29, 1.82) is 0 Å². The maximum Gasteiger partial charge on any atom is 0.123 e. The van der Waals surface area contributed by atoms with Gasteiger partial charge in [-0.15, -0.1) is 0 Å². The van der Waals surface area contributed by atoms with Crippen LogP contribution in [0.5, 0.6) is 0 Å². The number of benzene rings is 2. The fraction of sp³-hybridized carbons (Fsp3) is 0.346. The lowest BCUT2D eigenvalue weighted by atomic mass is 9.95. The highest BCUT2D eigenvalue weighted by atomic mass is 19.1. The van der Waals surface area contributed by atoms with Gasteiger partial charge < -0.3 is 5.32 Å². The maximum absolute atomic E-state index is 13.1. The van der Waals surface area contributed by atoms with Crippen LogP contribution in [0, 0.1) is 19.7 Å². The van der Waals surface area contributed by atoms with E-state index in [-0.39, 0.29) is 5.82 Å². The molecule has 1 N–H and O–H groups in total. The minimum Gasteiger partial charge on any atom is -0.306 e. The van der Waals surface area contributed by atoms with Crippen molar-refractivity contribution in [2.75, 3.05) is 0 Å². The Morgan fingerprint density at radius 2 is 1.73 bits per heavy atom. The summed E-state index contributed by atoms with van der Waals surface area (Å²) in [5, 5.41) is 8.43. The minimum atomic E-state index is -0.193. The number of halogens is 1. The summed E-state index contributed by atoms with van der Waals surface area (Å²) in [6.45, 7) is 9.43. The van der Waals surface area contributed by atoms with Crippen LogP contribution in [0.15, 0.2) is 60.7 Å². The largest absolute Gasteiger partial charge is 0.306 e. The summed E-state index contributed by atoms with van der Waals surface area (Å²) in [6.07, 6.45) is 5.56. The normalized spacial score (nSPS) is 18.5. The number of rotatable bonds is 6. The average Bonchev–Trinajstić information content (AvgIpc) is 3.31. The van der Waals surface area contributed by atoms with Gasteiger partial charge in [-0.05, 0) is 61.6 Å². The van der Waals surface area contributed by atoms with Crippen LogP contribution in [-0.4, -0.2) is 15.8 Å². The lowest BCUT2D eigenvalue weighted by Crippen LogP contribution is -2.25. The van der Waals surface area contributed by atoms with E-state index in [9.17, 15) is 4.39 Å². The molecule has 0 spiro atoms. The molecule has 3 nitrogen and oxygen atoms in total. The third-order valence-electron chi connectivity index (χ3n) is 6.09. The van der Waals surface area contributed by atoms with Crippen molar-refractivity contribution in [2.45, 2.75) is 58.5 Å². The van der Waals surface area contributed by atoms with Gasteiger partial charge in [-0.1, -0.05) is 50.3 Å². The van der Waals surface area contributed by atoms with Crippen molar-refractivity contribution in [2.24, 2.45) is 0 Å². The van der Waals surface area contributed by atoms with E-state index < -0.39 is 0 Å². The van der Waals surface area contributed by atoms with Gasteiger partial charge in [0, 0.05) is 29.8 Å². The number of aryl methyl sites for hydroxylation is 1. The summed E-state index contributed by atoms with van der Waals surface area (Å²) in [7, 11) is 0. The molecule has 2 atom stereocenters. The van der Waals surface area contributed by atoms with E-state index in [2.05, 4.69) is 74.1 Å². The minimum absolute atomic E-state index is 0.193. The quantitative estimate of drug-likeness (QED) is 0.515. The molecule has 0 fully saturated rings. The van der Waals surface area contributed by atoms with E-state index in [0.717, 1.165) is 29.9 Å². The van der Waals surface area contributed by atoms with Gasteiger partial charge in [-0.25, -0.2) is 9.07 Å². The Balaban J connectivity index is 1.46. The van der Waals surface area contributed by atoms with Crippen molar-refractivity contribution in [3.05, 3.63) is 94.6 Å². The van der Waals surface area contributed by atoms with Crippen LogP contribution >= 0.6 is 0 Å². The first-order valence-electron chi connectivity index (χ1n) is 10.7. The SMILES string of the molecule is Cc1nn(-c2ccc(C(C)C)cc2)c(C)c1C1C=CC(NCc2ccc(F)cc2)C1. The van der Waals surface area contributed by atoms with E-state index in [4.69, 9.17) is 5.10 Å². The molecule has 4 rings (SSSR count). The number of nitrogens with zero attached hydrogens (tertiary/aromatic N) is 2. The molecule has 1 heterocycles. The van der Waals surface area contributed by atoms with Crippen molar-refractivity contribution in [1.82, 2.24) is 15.1 Å². The van der Waals surface area contributed by atoms with Crippen LogP contribution in [0.25, 0.3) is 5.69 Å². The average molecular weight is 404 g/mol. The highest BCUT2D eigenvalue weighted by Crippen LogP contribution is 2.34. The van der Waals surface area contributed by atoms with Gasteiger partial charge in [0.25, 0.3) is 0 Å². The highest BCUT2D eigenvalue weighted by Gasteiger charge is 2.26. The summed E-state index contributed by atoms with van der Waals surface area (Å²) in [6, 6.07) is 15.7. The molecule has 0 aliphatic heterocycles. The van der Waals surface area contributed by atoms with Gasteiger partial charge in [-0.2, -0.15) is 5.10 Å². The number of nitrogens with one attached hydrogen (secondary N) is 1. The molecule has 2 aromatic carbocycles. The molecule has 1 aliphatic rings. The van der Waals surface area contributed by atoms with Crippen molar-refractivity contribution in [3.63, 3.8) is 0 Å². The third-order valence-corrected chi connectivity index (χ3v) is 6.09. The van der Waals surface area contributed by atoms with E-state index >= 15 is 0 Å². The Morgan fingerprint density at radius 1 is 1.03 bits per heavy atom. The molecule has 3 aromatic rings. The van der Waals surface area contributed by atoms with Crippen LogP contribution in [0.2, 0.25) is 0 Å². The van der Waals surface area contributed by atoms with Crippen LogP contribution in [0.3, 0.4) is 0 Å². The van der Waals surface area contributed by atoms with Crippen LogP contribution in [0.1, 0.15) is 60.2 Å². The fourth-order valence-electron chi connectivity index (χ4n) is 4.36. The Kier molecular flexibility index (Phi) is 5.87. The molecule has 1 aromatic heterocycles. The third kappa shape index (κ3) is 4.24. The summed E-state index contributed by atoms with van der Waals surface area (Å²) in [4.78, 5) is 0. The van der Waals surface area contributed by atoms with Crippen LogP contribution < -0.4 is 5.32 Å². The molecule has 156 valence electrons. The van der Waals surface area contributed by atoms with Crippen molar-refractivity contribution in [3.8, 4) is 5.69 Å². The highest BCUT2D eigenvalue weighted by molar-refractivity contribution is 5.42. The molecule has 0 amide bonds. The van der Waals surface area contributed by atoms with Gasteiger partial charge in [0.05, 0.1) is 11.4 Å². The zero-order valence-corrected chi connectivity index (χ0v) is 18.2. The molecule has 4 heteroatoms. The second kappa shape index (κ2) is 8.57. The zero-order chi connectivity index (χ0) is 21.3. The zero-order valence-electron chi connectivity index (χ0n) is 18.2. The first-order chi connectivity index (χ1) is 14.4. The molecular weight excluding hydrogens is 373 g/mol. The molecular formula is C26H30FN3. The summed E-state index contributed by atoms with van der Waals surface area (Å²) >= 11 is 0. The predicted octanol–water partition coefficient (Wildman–Crippen LogP) is 5.95. The van der Waals surface area contributed by atoms with Crippen LogP contribution in [-0.2, 0) is 6.54 Å². The Labute approximate surface area is 178 Å². The molecule has 0 radical (unpaired) electrons. The van der Waals surface area contributed by atoms with E-state index in [1.54, 1.807) is 0 Å². The van der Waals surface area contributed by atoms with Crippen molar-refractivity contribution >= 4 is 0 Å². The van der Waals surface area contributed by atoms with Gasteiger partial charge >= 0.3 is 0 Å². The van der Waals surface area contributed by atoms with Gasteiger partial charge in [0.2, 0.25) is 0 Å². The predicted molar refractivity (Wildman–Crippen MR) is 121 cm³/mol. The lowest BCUT2D eigenvalue weighted by Gasteiger charge is -2.15. The lowest BCUT2D eigenvalue weighted by molar-refractivity contribution is 0.558. The number of allylic oxidation sites excluding steroid dienone is 1. The topological polar surface area (TPSA) is 29.9 Å². The van der Waals surface area contributed by atoms with E-state index in [1.165, 1.54) is 29.0 Å².